The van der Waals surface area contributed by atoms with Gasteiger partial charge in [0.25, 0.3) is 11.6 Å². The molecule has 0 radical (unpaired) electrons. The molecule has 1 amide bonds. The molecule has 0 aliphatic carbocycles. The van der Waals surface area contributed by atoms with Crippen molar-refractivity contribution in [1.82, 2.24) is 15.5 Å². The van der Waals surface area contributed by atoms with Crippen LogP contribution in [0.1, 0.15) is 16.1 Å². The number of nitro benzene ring substituents is 1. The number of amides is 1. The van der Waals surface area contributed by atoms with E-state index in [2.05, 4.69) is 15.5 Å². The number of nitro groups is 1. The molecule has 0 unspecified atom stereocenters. The molecule has 0 aliphatic rings. The topological polar surface area (TPSA) is 98.0 Å². The van der Waals surface area contributed by atoms with E-state index in [1.54, 1.807) is 12.1 Å². The van der Waals surface area contributed by atoms with Crippen LogP contribution in [0.2, 0.25) is 5.15 Å². The number of nitrogens with zero attached hydrogens (tertiary/aromatic N) is 3. The lowest BCUT2D eigenvalue weighted by Crippen LogP contribution is -2.24. The van der Waals surface area contributed by atoms with Gasteiger partial charge in [0, 0.05) is 18.7 Å². The second-order valence-electron chi connectivity index (χ2n) is 3.85. The minimum absolute atomic E-state index is 0.00337. The largest absolute Gasteiger partial charge is 0.347 e. The van der Waals surface area contributed by atoms with E-state index >= 15 is 0 Å². The fourth-order valence-electron chi connectivity index (χ4n) is 1.45. The summed E-state index contributed by atoms with van der Waals surface area (Å²) in [4.78, 5) is 21.8. The highest BCUT2D eigenvalue weighted by atomic mass is 35.5. The van der Waals surface area contributed by atoms with Gasteiger partial charge in [-0.15, -0.1) is 10.2 Å². The highest BCUT2D eigenvalue weighted by Gasteiger charge is 2.08. The summed E-state index contributed by atoms with van der Waals surface area (Å²) in [6, 6.07) is 8.83. The zero-order valence-electron chi connectivity index (χ0n) is 10.1. The Kier molecular flexibility index (Phi) is 4.21. The van der Waals surface area contributed by atoms with E-state index < -0.39 is 10.8 Å². The van der Waals surface area contributed by atoms with Crippen molar-refractivity contribution in [3.05, 3.63) is 62.9 Å². The molecule has 7 nitrogen and oxygen atoms in total. The van der Waals surface area contributed by atoms with E-state index in [-0.39, 0.29) is 23.1 Å². The van der Waals surface area contributed by atoms with Crippen molar-refractivity contribution in [2.24, 2.45) is 0 Å². The van der Waals surface area contributed by atoms with Gasteiger partial charge in [-0.05, 0) is 17.7 Å². The second-order valence-corrected chi connectivity index (χ2v) is 4.23. The SMILES string of the molecule is O=C(NCc1ccc([N+](=O)[O-])cc1)c1ccc(Cl)nn1. The number of nitrogens with one attached hydrogen (secondary N) is 1. The molecule has 20 heavy (non-hydrogen) atoms. The molecule has 0 fully saturated rings. The zero-order chi connectivity index (χ0) is 14.5. The Morgan fingerprint density at radius 1 is 1.20 bits per heavy atom. The van der Waals surface area contributed by atoms with Crippen LogP contribution in [0.3, 0.4) is 0 Å². The number of halogens is 1. The second kappa shape index (κ2) is 6.07. The predicted octanol–water partition coefficient (Wildman–Crippen LogP) is 1.97. The van der Waals surface area contributed by atoms with Crippen LogP contribution in [0.5, 0.6) is 0 Å². The van der Waals surface area contributed by atoms with Gasteiger partial charge in [0.15, 0.2) is 10.8 Å². The summed E-state index contributed by atoms with van der Waals surface area (Å²) < 4.78 is 0. The number of benzene rings is 1. The standard InChI is InChI=1S/C12H9ClN4O3/c13-11-6-5-10(15-16-11)12(18)14-7-8-1-3-9(4-2-8)17(19)20/h1-6H,7H2,(H,14,18). The molecule has 0 spiro atoms. The molecule has 0 saturated heterocycles. The van der Waals surface area contributed by atoms with E-state index in [1.807, 2.05) is 0 Å². The smallest absolute Gasteiger partial charge is 0.272 e. The Labute approximate surface area is 118 Å². The number of non-ortho nitro benzene ring substituents is 1. The van der Waals surface area contributed by atoms with Gasteiger partial charge in [-0.1, -0.05) is 23.7 Å². The summed E-state index contributed by atoms with van der Waals surface area (Å²) in [6.07, 6.45) is 0. The molecule has 2 rings (SSSR count). The first-order valence-corrected chi connectivity index (χ1v) is 5.95. The minimum Gasteiger partial charge on any atom is -0.347 e. The van der Waals surface area contributed by atoms with E-state index in [0.717, 1.165) is 5.56 Å². The first-order chi connectivity index (χ1) is 9.56. The number of hydrogen-bond acceptors (Lipinski definition) is 5. The van der Waals surface area contributed by atoms with Crippen LogP contribution in [-0.4, -0.2) is 21.0 Å². The van der Waals surface area contributed by atoms with Crippen LogP contribution in [0, 0.1) is 10.1 Å². The summed E-state index contributed by atoms with van der Waals surface area (Å²) in [6.45, 7) is 0.237. The van der Waals surface area contributed by atoms with Crippen LogP contribution >= 0.6 is 11.6 Å². The monoisotopic (exact) mass is 292 g/mol. The fraction of sp³-hybridized carbons (Fsp3) is 0.0833. The van der Waals surface area contributed by atoms with Crippen molar-refractivity contribution in [2.45, 2.75) is 6.54 Å². The number of rotatable bonds is 4. The Bertz CT molecular complexity index is 628. The number of carbonyl (C=O) groups excluding carboxylic acids is 1. The average Bonchev–Trinajstić information content (AvgIpc) is 2.46. The van der Waals surface area contributed by atoms with Gasteiger partial charge in [0.05, 0.1) is 4.92 Å². The summed E-state index contributed by atoms with van der Waals surface area (Å²) in [5, 5.41) is 20.5. The number of aromatic nitrogens is 2. The third-order valence-electron chi connectivity index (χ3n) is 2.46. The molecule has 0 saturated carbocycles. The van der Waals surface area contributed by atoms with Crippen molar-refractivity contribution in [1.29, 1.82) is 0 Å². The Balaban J connectivity index is 1.96. The molecule has 0 bridgehead atoms. The molecule has 2 aromatic rings. The lowest BCUT2D eigenvalue weighted by Gasteiger charge is -2.04. The van der Waals surface area contributed by atoms with Gasteiger partial charge in [-0.2, -0.15) is 0 Å². The molecule has 0 atom stereocenters. The normalized spacial score (nSPS) is 10.1. The molecular weight excluding hydrogens is 284 g/mol. The maximum atomic E-state index is 11.7. The molecule has 102 valence electrons. The maximum absolute atomic E-state index is 11.7. The van der Waals surface area contributed by atoms with Crippen molar-refractivity contribution in [3.63, 3.8) is 0 Å². The van der Waals surface area contributed by atoms with E-state index in [0.29, 0.717) is 0 Å². The Hall–Kier alpha value is -2.54. The average molecular weight is 293 g/mol. The van der Waals surface area contributed by atoms with Gasteiger partial charge in [0.1, 0.15) is 0 Å². The summed E-state index contributed by atoms with van der Waals surface area (Å²) in [5.74, 6) is -0.396. The van der Waals surface area contributed by atoms with Crippen molar-refractivity contribution < 1.29 is 9.72 Å². The van der Waals surface area contributed by atoms with Crippen LogP contribution in [0.15, 0.2) is 36.4 Å². The quantitative estimate of drug-likeness (QED) is 0.686. The van der Waals surface area contributed by atoms with Crippen LogP contribution in [0.25, 0.3) is 0 Å². The molecule has 1 aromatic heterocycles. The predicted molar refractivity (Wildman–Crippen MR) is 71.3 cm³/mol. The summed E-state index contributed by atoms with van der Waals surface area (Å²) in [5.41, 5.74) is 0.894. The number of hydrogen-bond donors (Lipinski definition) is 1. The maximum Gasteiger partial charge on any atom is 0.272 e. The van der Waals surface area contributed by atoms with Gasteiger partial charge >= 0.3 is 0 Å². The highest BCUT2D eigenvalue weighted by Crippen LogP contribution is 2.11. The lowest BCUT2D eigenvalue weighted by molar-refractivity contribution is -0.384. The first kappa shape index (κ1) is 13.9. The third kappa shape index (κ3) is 3.48. The molecule has 8 heteroatoms. The van der Waals surface area contributed by atoms with Gasteiger partial charge in [-0.25, -0.2) is 0 Å². The summed E-state index contributed by atoms with van der Waals surface area (Å²) in [7, 11) is 0. The summed E-state index contributed by atoms with van der Waals surface area (Å²) >= 11 is 5.57. The zero-order valence-corrected chi connectivity index (χ0v) is 10.9. The van der Waals surface area contributed by atoms with Gasteiger partial charge in [0.2, 0.25) is 0 Å². The molecule has 1 N–H and O–H groups in total. The Morgan fingerprint density at radius 2 is 1.90 bits per heavy atom. The van der Waals surface area contributed by atoms with E-state index in [9.17, 15) is 14.9 Å². The van der Waals surface area contributed by atoms with Crippen molar-refractivity contribution >= 4 is 23.2 Å². The van der Waals surface area contributed by atoms with E-state index in [1.165, 1.54) is 24.3 Å². The van der Waals surface area contributed by atoms with Gasteiger partial charge in [-0.3, -0.25) is 14.9 Å². The molecular formula is C12H9ClN4O3. The third-order valence-corrected chi connectivity index (χ3v) is 2.67. The first-order valence-electron chi connectivity index (χ1n) is 5.57. The highest BCUT2D eigenvalue weighted by molar-refractivity contribution is 6.29. The van der Waals surface area contributed by atoms with Crippen molar-refractivity contribution in [2.75, 3.05) is 0 Å². The van der Waals surface area contributed by atoms with Crippen LogP contribution < -0.4 is 5.32 Å². The van der Waals surface area contributed by atoms with E-state index in [4.69, 9.17) is 11.6 Å². The van der Waals surface area contributed by atoms with Crippen LogP contribution in [0.4, 0.5) is 5.69 Å². The minimum atomic E-state index is -0.480. The lowest BCUT2D eigenvalue weighted by atomic mass is 10.2. The van der Waals surface area contributed by atoms with Crippen LogP contribution in [-0.2, 0) is 6.54 Å². The van der Waals surface area contributed by atoms with Gasteiger partial charge < -0.3 is 5.32 Å². The number of carbonyl (C=O) groups is 1. The fourth-order valence-corrected chi connectivity index (χ4v) is 1.55. The molecule has 1 heterocycles. The Morgan fingerprint density at radius 3 is 2.45 bits per heavy atom. The van der Waals surface area contributed by atoms with Crippen molar-refractivity contribution in [3.8, 4) is 0 Å². The molecule has 1 aromatic carbocycles. The molecule has 0 aliphatic heterocycles.